The second kappa shape index (κ2) is 14.6. The third-order valence-corrected chi connectivity index (χ3v) is 9.26. The Morgan fingerprint density at radius 1 is 1.02 bits per heavy atom. The number of unbranched alkanes of at least 4 members (excludes halogenated alkanes) is 1. The van der Waals surface area contributed by atoms with E-state index in [2.05, 4.69) is 9.80 Å². The van der Waals surface area contributed by atoms with Crippen LogP contribution < -0.4 is 15.2 Å². The van der Waals surface area contributed by atoms with Crippen LogP contribution in [0.15, 0.2) is 53.3 Å². The molecule has 2 unspecified atom stereocenters. The van der Waals surface area contributed by atoms with E-state index in [1.54, 1.807) is 17.7 Å². The van der Waals surface area contributed by atoms with E-state index >= 15 is 0 Å². The van der Waals surface area contributed by atoms with E-state index in [-0.39, 0.29) is 20.3 Å². The van der Waals surface area contributed by atoms with Gasteiger partial charge in [-0.3, -0.25) is 18.9 Å². The van der Waals surface area contributed by atoms with Crippen molar-refractivity contribution in [2.24, 2.45) is 0 Å². The summed E-state index contributed by atoms with van der Waals surface area (Å²) in [6.07, 6.45) is 0.742. The number of carbonyl (C=O) groups is 1. The Morgan fingerprint density at radius 2 is 1.76 bits per heavy atom. The van der Waals surface area contributed by atoms with Gasteiger partial charge in [-0.1, -0.05) is 29.3 Å². The summed E-state index contributed by atoms with van der Waals surface area (Å²) in [5.41, 5.74) is 1.44. The van der Waals surface area contributed by atoms with E-state index in [0.29, 0.717) is 27.9 Å². The molecule has 0 N–H and O–H groups in total. The van der Waals surface area contributed by atoms with Crippen LogP contribution in [0, 0.1) is 0 Å². The number of carbonyl (C=O) groups excluding carboxylic acids is 1. The summed E-state index contributed by atoms with van der Waals surface area (Å²) in [7, 11) is 0.272. The zero-order valence-electron chi connectivity index (χ0n) is 24.1. The van der Waals surface area contributed by atoms with Crippen molar-refractivity contribution in [3.8, 4) is 5.75 Å². The summed E-state index contributed by atoms with van der Waals surface area (Å²) >= 11 is 12.6. The van der Waals surface area contributed by atoms with Crippen LogP contribution in [0.4, 0.5) is 10.5 Å². The number of halogens is 2. The number of aromatic nitrogens is 1. The Bertz CT molecular complexity index is 1390. The highest BCUT2D eigenvalue weighted by atomic mass is 35.5. The molecule has 1 aliphatic rings. The number of hydrogen-bond acceptors (Lipinski definition) is 6. The van der Waals surface area contributed by atoms with Gasteiger partial charge in [-0.2, -0.15) is 0 Å². The minimum absolute atomic E-state index is 0.0138. The minimum atomic E-state index is -0.762. The lowest BCUT2D eigenvalue weighted by Gasteiger charge is -2.36. The molecule has 0 bridgehead atoms. The van der Waals surface area contributed by atoms with E-state index in [0.717, 1.165) is 56.6 Å². The Balaban J connectivity index is 1.29. The molecule has 11 heteroatoms. The summed E-state index contributed by atoms with van der Waals surface area (Å²) in [4.78, 5) is 30.3. The Morgan fingerprint density at radius 3 is 2.46 bits per heavy atom. The first-order valence-electron chi connectivity index (χ1n) is 14.1. The predicted molar refractivity (Wildman–Crippen MR) is 170 cm³/mol. The van der Waals surface area contributed by atoms with E-state index in [1.165, 1.54) is 10.6 Å². The molecule has 222 valence electrons. The van der Waals surface area contributed by atoms with E-state index < -0.39 is 12.3 Å². The number of benzene rings is 2. The number of rotatable bonds is 11. The predicted octanol–water partition coefficient (Wildman–Crippen LogP) is 6.88. The number of pyridine rings is 1. The van der Waals surface area contributed by atoms with Crippen LogP contribution >= 0.6 is 31.9 Å². The lowest BCUT2D eigenvalue weighted by atomic mass is 10.2. The van der Waals surface area contributed by atoms with Crippen LogP contribution in [0.25, 0.3) is 10.9 Å². The minimum Gasteiger partial charge on any atom is -0.494 e. The standard InChI is InChI=1S/C30H39Cl2N4O4P/c1-21(2)36(41-4)30(38)40-22(3)35-27-20-24(12-10-23(27)11-13-28(35)37)39-19-6-5-14-33-15-17-34(18-16-33)26-9-7-8-25(31)29(26)32/h7-13,20-22,41H,5-6,14-19H2,1-4H3. The molecule has 4 rings (SSSR count). The van der Waals surface area contributed by atoms with Crippen molar-refractivity contribution in [3.05, 3.63) is 68.9 Å². The molecule has 41 heavy (non-hydrogen) atoms. The van der Waals surface area contributed by atoms with E-state index in [1.807, 2.05) is 56.9 Å². The van der Waals surface area contributed by atoms with Crippen molar-refractivity contribution >= 4 is 54.6 Å². The van der Waals surface area contributed by atoms with Crippen LogP contribution in [-0.2, 0) is 4.74 Å². The van der Waals surface area contributed by atoms with Crippen LogP contribution in [0.5, 0.6) is 5.75 Å². The summed E-state index contributed by atoms with van der Waals surface area (Å²) in [5.74, 6) is 0.682. The number of hydrogen-bond donors (Lipinski definition) is 0. The molecular formula is C30H39Cl2N4O4P. The second-order valence-electron chi connectivity index (χ2n) is 10.4. The van der Waals surface area contributed by atoms with Crippen molar-refractivity contribution in [2.45, 2.75) is 45.9 Å². The molecule has 1 aliphatic heterocycles. The SMILES string of the molecule is CPN(C(=O)OC(C)n1c(=O)ccc2ccc(OCCCCN3CCN(c4cccc(Cl)c4Cl)CC3)cc21)C(C)C. The molecule has 1 saturated heterocycles. The molecule has 2 heterocycles. The second-order valence-corrected chi connectivity index (χ2v) is 12.1. The normalized spacial score (nSPS) is 15.1. The number of amides is 1. The Hall–Kier alpha value is -2.51. The third kappa shape index (κ3) is 7.86. The molecule has 2 atom stereocenters. The van der Waals surface area contributed by atoms with Crippen LogP contribution in [0.1, 0.15) is 39.8 Å². The number of ether oxygens (including phenoxy) is 2. The molecule has 0 saturated carbocycles. The smallest absolute Gasteiger partial charge is 0.415 e. The van der Waals surface area contributed by atoms with Crippen molar-refractivity contribution in [1.29, 1.82) is 0 Å². The van der Waals surface area contributed by atoms with Crippen LogP contribution in [0.2, 0.25) is 10.0 Å². The van der Waals surface area contributed by atoms with Gasteiger partial charge in [-0.15, -0.1) is 0 Å². The Kier molecular flexibility index (Phi) is 11.2. The highest BCUT2D eigenvalue weighted by molar-refractivity contribution is 7.35. The zero-order valence-corrected chi connectivity index (χ0v) is 26.6. The molecule has 2 aromatic carbocycles. The maximum absolute atomic E-state index is 12.8. The number of piperazine rings is 1. The first-order valence-corrected chi connectivity index (χ1v) is 16.3. The van der Waals surface area contributed by atoms with Gasteiger partial charge < -0.3 is 14.4 Å². The molecule has 0 spiro atoms. The first kappa shape index (κ1) is 31.4. The van der Waals surface area contributed by atoms with Crippen molar-refractivity contribution < 1.29 is 14.3 Å². The highest BCUT2D eigenvalue weighted by Crippen LogP contribution is 2.33. The fourth-order valence-electron chi connectivity index (χ4n) is 5.09. The van der Waals surface area contributed by atoms with Crippen molar-refractivity contribution in [2.75, 3.05) is 50.9 Å². The summed E-state index contributed by atoms with van der Waals surface area (Å²) in [5, 5.41) is 2.08. The average molecular weight is 622 g/mol. The van der Waals surface area contributed by atoms with Gasteiger partial charge in [0.25, 0.3) is 5.56 Å². The molecule has 3 aromatic rings. The first-order chi connectivity index (χ1) is 19.7. The quantitative estimate of drug-likeness (QED) is 0.172. The monoisotopic (exact) mass is 620 g/mol. The van der Waals surface area contributed by atoms with Gasteiger partial charge in [-0.05, 0) is 91.3 Å². The fourth-order valence-corrected chi connectivity index (χ4v) is 6.26. The van der Waals surface area contributed by atoms with E-state index in [4.69, 9.17) is 32.7 Å². The maximum Gasteiger partial charge on any atom is 0.415 e. The van der Waals surface area contributed by atoms with Gasteiger partial charge in [0.1, 0.15) is 5.75 Å². The largest absolute Gasteiger partial charge is 0.494 e. The molecular weight excluding hydrogens is 582 g/mol. The lowest BCUT2D eigenvalue weighted by molar-refractivity contribution is 0.0515. The zero-order chi connectivity index (χ0) is 29.5. The summed E-state index contributed by atoms with van der Waals surface area (Å²) in [6.45, 7) is 12.9. The van der Waals surface area contributed by atoms with Crippen molar-refractivity contribution in [3.63, 3.8) is 0 Å². The number of fused-ring (bicyclic) bond motifs is 1. The van der Waals surface area contributed by atoms with Gasteiger partial charge in [0.05, 0.1) is 27.9 Å². The molecule has 8 nitrogen and oxygen atoms in total. The Labute approximate surface area is 253 Å². The van der Waals surface area contributed by atoms with Gasteiger partial charge in [-0.25, -0.2) is 4.79 Å². The van der Waals surface area contributed by atoms with Crippen LogP contribution in [0.3, 0.4) is 0 Å². The molecule has 0 aliphatic carbocycles. The number of nitrogens with zero attached hydrogens (tertiary/aromatic N) is 4. The van der Waals surface area contributed by atoms with Gasteiger partial charge in [0.15, 0.2) is 6.23 Å². The highest BCUT2D eigenvalue weighted by Gasteiger charge is 2.22. The average Bonchev–Trinajstić information content (AvgIpc) is 2.94. The summed E-state index contributed by atoms with van der Waals surface area (Å²) < 4.78 is 14.9. The molecule has 1 aromatic heterocycles. The topological polar surface area (TPSA) is 67.2 Å². The third-order valence-electron chi connectivity index (χ3n) is 7.27. The summed E-state index contributed by atoms with van der Waals surface area (Å²) in [6, 6.07) is 14.7. The fraction of sp³-hybridized carbons (Fsp3) is 0.467. The van der Waals surface area contributed by atoms with Crippen LogP contribution in [-0.4, -0.2) is 72.3 Å². The van der Waals surface area contributed by atoms with E-state index in [9.17, 15) is 9.59 Å². The van der Waals surface area contributed by atoms with Crippen molar-refractivity contribution in [1.82, 2.24) is 14.1 Å². The molecule has 1 amide bonds. The van der Waals surface area contributed by atoms with Gasteiger partial charge in [0.2, 0.25) is 0 Å². The van der Waals surface area contributed by atoms with Gasteiger partial charge in [0, 0.05) is 44.4 Å². The lowest BCUT2D eigenvalue weighted by Crippen LogP contribution is -2.46. The molecule has 1 fully saturated rings. The van der Waals surface area contributed by atoms with Gasteiger partial charge >= 0.3 is 6.09 Å². The molecule has 0 radical (unpaired) electrons. The maximum atomic E-state index is 12.8. The number of anilines is 1.